The van der Waals surface area contributed by atoms with Gasteiger partial charge in [-0.25, -0.2) is 12.8 Å². The molecule has 0 atom stereocenters. The number of anilines is 1. The van der Waals surface area contributed by atoms with Crippen molar-refractivity contribution < 1.29 is 31.9 Å². The molecule has 1 amide bonds. The van der Waals surface area contributed by atoms with Crippen LogP contribution in [0.15, 0.2) is 65.6 Å². The number of nitrogens with one attached hydrogen (secondary N) is 1. The van der Waals surface area contributed by atoms with E-state index < -0.39 is 33.3 Å². The molecule has 3 rings (SSSR count). The zero-order valence-electron chi connectivity index (χ0n) is 17.7. The Labute approximate surface area is 205 Å². The first kappa shape index (κ1) is 25.5. The van der Waals surface area contributed by atoms with E-state index in [2.05, 4.69) is 10.1 Å². The monoisotopic (exact) mass is 525 g/mol. The van der Waals surface area contributed by atoms with Gasteiger partial charge in [0, 0.05) is 17.3 Å². The standard InChI is InChI=1S/C23H18Cl2FNO6S/c1-2-32-22(28)13-34(30,31)17-7-5-16(6-8-17)33-21-10-4-15(12-20(21)26)27-23(29)14-3-9-18(24)19(25)11-14/h3-12H,2,13H2,1H3,(H,27,29). The summed E-state index contributed by atoms with van der Waals surface area (Å²) in [7, 11) is -3.88. The van der Waals surface area contributed by atoms with Crippen LogP contribution in [0.25, 0.3) is 0 Å². The molecule has 178 valence electrons. The number of hydrogen-bond acceptors (Lipinski definition) is 6. The van der Waals surface area contributed by atoms with Crippen molar-refractivity contribution >= 4 is 50.6 Å². The van der Waals surface area contributed by atoms with Gasteiger partial charge in [0.25, 0.3) is 5.91 Å². The summed E-state index contributed by atoms with van der Waals surface area (Å²) in [5.74, 6) is -2.88. The highest BCUT2D eigenvalue weighted by Gasteiger charge is 2.20. The summed E-state index contributed by atoms with van der Waals surface area (Å²) in [6, 6.07) is 13.3. The molecule has 0 spiro atoms. The van der Waals surface area contributed by atoms with Crippen molar-refractivity contribution in [1.82, 2.24) is 0 Å². The summed E-state index contributed by atoms with van der Waals surface area (Å²) < 4.78 is 49.2. The lowest BCUT2D eigenvalue weighted by atomic mass is 10.2. The minimum absolute atomic E-state index is 0.0741. The quantitative estimate of drug-likeness (QED) is 0.389. The summed E-state index contributed by atoms with van der Waals surface area (Å²) in [6.45, 7) is 1.65. The Bertz CT molecular complexity index is 1330. The number of rotatable bonds is 8. The molecule has 0 aromatic heterocycles. The fraction of sp³-hybridized carbons (Fsp3) is 0.130. The fourth-order valence-electron chi connectivity index (χ4n) is 2.79. The van der Waals surface area contributed by atoms with Crippen LogP contribution in [0.2, 0.25) is 10.0 Å². The maximum atomic E-state index is 14.5. The van der Waals surface area contributed by atoms with E-state index in [9.17, 15) is 22.4 Å². The number of amides is 1. The van der Waals surface area contributed by atoms with Crippen LogP contribution < -0.4 is 10.1 Å². The first-order valence-corrected chi connectivity index (χ1v) is 12.2. The van der Waals surface area contributed by atoms with Crippen LogP contribution in [0.1, 0.15) is 17.3 Å². The van der Waals surface area contributed by atoms with E-state index in [1.165, 1.54) is 54.6 Å². The first-order valence-electron chi connectivity index (χ1n) is 9.81. The molecule has 0 bridgehead atoms. The van der Waals surface area contributed by atoms with Crippen LogP contribution in [0.4, 0.5) is 10.1 Å². The van der Waals surface area contributed by atoms with Gasteiger partial charge in [-0.05, 0) is 61.5 Å². The highest BCUT2D eigenvalue weighted by atomic mass is 35.5. The molecule has 7 nitrogen and oxygen atoms in total. The lowest BCUT2D eigenvalue weighted by molar-refractivity contribution is -0.139. The van der Waals surface area contributed by atoms with Crippen LogP contribution in [0.5, 0.6) is 11.5 Å². The molecule has 0 saturated carbocycles. The minimum atomic E-state index is -3.88. The average molecular weight is 526 g/mol. The van der Waals surface area contributed by atoms with Crippen molar-refractivity contribution in [3.8, 4) is 11.5 Å². The second-order valence-electron chi connectivity index (χ2n) is 6.87. The summed E-state index contributed by atoms with van der Waals surface area (Å²) in [4.78, 5) is 23.7. The Kier molecular flexibility index (Phi) is 8.14. The maximum Gasteiger partial charge on any atom is 0.321 e. The smallest absolute Gasteiger partial charge is 0.321 e. The molecule has 0 radical (unpaired) electrons. The number of halogens is 3. The molecule has 0 unspecified atom stereocenters. The van der Waals surface area contributed by atoms with Crippen molar-refractivity contribution in [1.29, 1.82) is 0 Å². The van der Waals surface area contributed by atoms with E-state index in [1.807, 2.05) is 0 Å². The lowest BCUT2D eigenvalue weighted by Gasteiger charge is -2.10. The molecule has 11 heteroatoms. The Morgan fingerprint density at radius 2 is 1.68 bits per heavy atom. The van der Waals surface area contributed by atoms with Crippen molar-refractivity contribution in [3.63, 3.8) is 0 Å². The topological polar surface area (TPSA) is 98.8 Å². The zero-order valence-corrected chi connectivity index (χ0v) is 20.0. The van der Waals surface area contributed by atoms with Crippen molar-refractivity contribution in [2.24, 2.45) is 0 Å². The van der Waals surface area contributed by atoms with E-state index >= 15 is 0 Å². The average Bonchev–Trinajstić information content (AvgIpc) is 2.77. The molecular formula is C23H18Cl2FNO6S. The predicted octanol–water partition coefficient (Wildman–Crippen LogP) is 5.51. The Balaban J connectivity index is 1.68. The summed E-state index contributed by atoms with van der Waals surface area (Å²) in [5.41, 5.74) is 0.425. The Morgan fingerprint density at radius 3 is 2.29 bits per heavy atom. The van der Waals surface area contributed by atoms with E-state index in [0.29, 0.717) is 5.02 Å². The molecule has 0 fully saturated rings. The van der Waals surface area contributed by atoms with Gasteiger partial charge in [-0.1, -0.05) is 23.2 Å². The molecule has 0 aliphatic carbocycles. The summed E-state index contributed by atoms with van der Waals surface area (Å²) in [6.07, 6.45) is 0. The summed E-state index contributed by atoms with van der Waals surface area (Å²) >= 11 is 11.7. The lowest BCUT2D eigenvalue weighted by Crippen LogP contribution is -2.18. The van der Waals surface area contributed by atoms with E-state index in [4.69, 9.17) is 27.9 Å². The van der Waals surface area contributed by atoms with Crippen LogP contribution >= 0.6 is 23.2 Å². The minimum Gasteiger partial charge on any atom is -0.465 e. The number of esters is 1. The van der Waals surface area contributed by atoms with Gasteiger partial charge in [0.15, 0.2) is 27.2 Å². The first-order chi connectivity index (χ1) is 16.1. The molecule has 1 N–H and O–H groups in total. The van der Waals surface area contributed by atoms with Gasteiger partial charge in [0.2, 0.25) is 0 Å². The molecule has 0 aliphatic heterocycles. The van der Waals surface area contributed by atoms with Gasteiger partial charge in [-0.3, -0.25) is 9.59 Å². The van der Waals surface area contributed by atoms with E-state index in [-0.39, 0.29) is 39.3 Å². The number of carbonyl (C=O) groups excluding carboxylic acids is 2. The number of hydrogen-bond donors (Lipinski definition) is 1. The number of benzene rings is 3. The second-order valence-corrected chi connectivity index (χ2v) is 9.67. The Morgan fingerprint density at radius 1 is 0.971 bits per heavy atom. The van der Waals surface area contributed by atoms with Gasteiger partial charge in [0.05, 0.1) is 21.5 Å². The number of sulfone groups is 1. The fourth-order valence-corrected chi connectivity index (χ4v) is 4.19. The third-order valence-electron chi connectivity index (χ3n) is 4.40. The van der Waals surface area contributed by atoms with Gasteiger partial charge >= 0.3 is 5.97 Å². The molecule has 3 aromatic carbocycles. The molecule has 34 heavy (non-hydrogen) atoms. The second kappa shape index (κ2) is 10.9. The zero-order chi connectivity index (χ0) is 24.9. The largest absolute Gasteiger partial charge is 0.465 e. The van der Waals surface area contributed by atoms with Crippen LogP contribution in [0, 0.1) is 5.82 Å². The molecule has 0 aliphatic rings. The predicted molar refractivity (Wildman–Crippen MR) is 126 cm³/mol. The van der Waals surface area contributed by atoms with Gasteiger partial charge in [-0.2, -0.15) is 0 Å². The molecule has 3 aromatic rings. The van der Waals surface area contributed by atoms with Crippen LogP contribution in [-0.2, 0) is 19.4 Å². The molecular weight excluding hydrogens is 508 g/mol. The van der Waals surface area contributed by atoms with Gasteiger partial charge in [-0.15, -0.1) is 0 Å². The summed E-state index contributed by atoms with van der Waals surface area (Å²) in [5, 5.41) is 3.06. The van der Waals surface area contributed by atoms with E-state index in [1.54, 1.807) is 6.92 Å². The molecule has 0 saturated heterocycles. The number of carbonyl (C=O) groups is 2. The van der Waals surface area contributed by atoms with Crippen LogP contribution in [0.3, 0.4) is 0 Å². The number of ether oxygens (including phenoxy) is 2. The van der Waals surface area contributed by atoms with Gasteiger partial charge in [0.1, 0.15) is 5.75 Å². The third-order valence-corrected chi connectivity index (χ3v) is 6.74. The maximum absolute atomic E-state index is 14.5. The normalized spacial score (nSPS) is 11.1. The Hall–Kier alpha value is -3.14. The van der Waals surface area contributed by atoms with Crippen LogP contribution in [-0.4, -0.2) is 32.7 Å². The molecule has 0 heterocycles. The highest BCUT2D eigenvalue weighted by Crippen LogP contribution is 2.28. The van der Waals surface area contributed by atoms with Crippen molar-refractivity contribution in [2.45, 2.75) is 11.8 Å². The highest BCUT2D eigenvalue weighted by molar-refractivity contribution is 7.92. The van der Waals surface area contributed by atoms with Crippen molar-refractivity contribution in [2.75, 3.05) is 17.7 Å². The van der Waals surface area contributed by atoms with Crippen molar-refractivity contribution in [3.05, 3.63) is 82.1 Å². The third kappa shape index (κ3) is 6.47. The van der Waals surface area contributed by atoms with E-state index in [0.717, 1.165) is 6.07 Å². The van der Waals surface area contributed by atoms with Gasteiger partial charge < -0.3 is 14.8 Å². The SMILES string of the molecule is CCOC(=O)CS(=O)(=O)c1ccc(Oc2ccc(NC(=O)c3ccc(Cl)c(Cl)c3)cc2F)cc1.